The molecule has 9 heteroatoms. The fourth-order valence-electron chi connectivity index (χ4n) is 2.65. The van der Waals surface area contributed by atoms with Gasteiger partial charge in [-0.15, -0.1) is 11.8 Å². The summed E-state index contributed by atoms with van der Waals surface area (Å²) in [6.45, 7) is 6.20. The summed E-state index contributed by atoms with van der Waals surface area (Å²) in [7, 11) is 0. The topological polar surface area (TPSA) is 113 Å². The van der Waals surface area contributed by atoms with E-state index < -0.39 is 17.7 Å². The van der Waals surface area contributed by atoms with Crippen molar-refractivity contribution in [3.63, 3.8) is 0 Å². The summed E-state index contributed by atoms with van der Waals surface area (Å²) in [6, 6.07) is 1.95. The molecule has 154 valence electrons. The molecule has 2 heterocycles. The minimum Gasteiger partial charge on any atom is -0.493 e. The molecule has 0 saturated carbocycles. The van der Waals surface area contributed by atoms with Gasteiger partial charge in [0.05, 0.1) is 18.7 Å². The lowest BCUT2D eigenvalue weighted by Crippen LogP contribution is -2.37. The predicted molar refractivity (Wildman–Crippen MR) is 110 cm³/mol. The molecule has 0 aliphatic carbocycles. The summed E-state index contributed by atoms with van der Waals surface area (Å²) in [6.07, 6.45) is 3.28. The molecule has 0 aromatic carbocycles. The van der Waals surface area contributed by atoms with Gasteiger partial charge in [-0.2, -0.15) is 0 Å². The van der Waals surface area contributed by atoms with E-state index in [1.54, 1.807) is 13.0 Å². The number of amides is 1. The Labute approximate surface area is 168 Å². The Morgan fingerprint density at radius 2 is 2.25 bits per heavy atom. The Bertz CT molecular complexity index is 790. The van der Waals surface area contributed by atoms with Crippen LogP contribution in [0.3, 0.4) is 0 Å². The quantitative estimate of drug-likeness (QED) is 0.266. The number of nitrogens with one attached hydrogen (secondary N) is 1. The van der Waals surface area contributed by atoms with Crippen LogP contribution in [0.2, 0.25) is 0 Å². The number of oxime groups is 1. The van der Waals surface area contributed by atoms with E-state index in [0.29, 0.717) is 41.0 Å². The summed E-state index contributed by atoms with van der Waals surface area (Å²) in [5, 5.41) is 15.4. The SMILES string of the molecule is CCCCOc1cc(C(CCC)NC(=O)C2CSC(/C(C)=N\O)=N2)oc(=O)c1. The number of hydrogen-bond donors (Lipinski definition) is 2. The van der Waals surface area contributed by atoms with Gasteiger partial charge in [0.15, 0.2) is 0 Å². The number of carbonyl (C=O) groups excluding carboxylic acids is 1. The maximum Gasteiger partial charge on any atom is 0.339 e. The Morgan fingerprint density at radius 3 is 2.93 bits per heavy atom. The Balaban J connectivity index is 2.14. The zero-order valence-corrected chi connectivity index (χ0v) is 17.3. The fourth-order valence-corrected chi connectivity index (χ4v) is 3.65. The van der Waals surface area contributed by atoms with Gasteiger partial charge in [0, 0.05) is 11.8 Å². The average Bonchev–Trinajstić information content (AvgIpc) is 3.17. The van der Waals surface area contributed by atoms with E-state index >= 15 is 0 Å². The van der Waals surface area contributed by atoms with E-state index in [0.717, 1.165) is 19.3 Å². The number of unbranched alkanes of at least 4 members (excludes halogenated alkanes) is 1. The minimum absolute atomic E-state index is 0.258. The molecule has 0 fully saturated rings. The lowest BCUT2D eigenvalue weighted by molar-refractivity contribution is -0.122. The van der Waals surface area contributed by atoms with Gasteiger partial charge >= 0.3 is 5.63 Å². The highest BCUT2D eigenvalue weighted by Crippen LogP contribution is 2.24. The van der Waals surface area contributed by atoms with E-state index in [1.165, 1.54) is 17.8 Å². The van der Waals surface area contributed by atoms with Gasteiger partial charge in [0.1, 0.15) is 28.3 Å². The van der Waals surface area contributed by atoms with Crippen LogP contribution in [0.1, 0.15) is 58.3 Å². The first-order chi connectivity index (χ1) is 13.5. The van der Waals surface area contributed by atoms with Crippen molar-refractivity contribution >= 4 is 28.4 Å². The molecule has 2 rings (SSSR count). The van der Waals surface area contributed by atoms with Crippen LogP contribution in [0.25, 0.3) is 0 Å². The maximum atomic E-state index is 12.7. The molecule has 2 atom stereocenters. The summed E-state index contributed by atoms with van der Waals surface area (Å²) in [4.78, 5) is 28.9. The number of aliphatic imine (C=N–C) groups is 1. The lowest BCUT2D eigenvalue weighted by Gasteiger charge is -2.19. The van der Waals surface area contributed by atoms with Crippen molar-refractivity contribution in [2.45, 2.75) is 58.5 Å². The monoisotopic (exact) mass is 409 g/mol. The predicted octanol–water partition coefficient (Wildman–Crippen LogP) is 3.14. The van der Waals surface area contributed by atoms with Gasteiger partial charge in [-0.25, -0.2) is 4.79 Å². The third kappa shape index (κ3) is 6.12. The van der Waals surface area contributed by atoms with Crippen molar-refractivity contribution in [2.75, 3.05) is 12.4 Å². The zero-order chi connectivity index (χ0) is 20.5. The zero-order valence-electron chi connectivity index (χ0n) is 16.4. The van der Waals surface area contributed by atoms with Crippen LogP contribution < -0.4 is 15.7 Å². The molecule has 0 radical (unpaired) electrons. The van der Waals surface area contributed by atoms with Crippen molar-refractivity contribution < 1.29 is 19.2 Å². The van der Waals surface area contributed by atoms with Crippen LogP contribution in [0.15, 0.2) is 31.5 Å². The molecule has 1 aliphatic rings. The van der Waals surface area contributed by atoms with Crippen LogP contribution in [-0.2, 0) is 4.79 Å². The number of thioether (sulfide) groups is 1. The van der Waals surface area contributed by atoms with Crippen molar-refractivity contribution in [2.24, 2.45) is 10.1 Å². The van der Waals surface area contributed by atoms with Crippen molar-refractivity contribution in [1.82, 2.24) is 5.32 Å². The first kappa shape index (κ1) is 22.0. The van der Waals surface area contributed by atoms with E-state index in [1.807, 2.05) is 6.92 Å². The van der Waals surface area contributed by atoms with Gasteiger partial charge in [-0.05, 0) is 19.8 Å². The second kappa shape index (κ2) is 10.9. The molecule has 0 bridgehead atoms. The second-order valence-corrected chi connectivity index (χ2v) is 7.52. The van der Waals surface area contributed by atoms with Gasteiger partial charge < -0.3 is 19.7 Å². The number of hydrogen-bond acceptors (Lipinski definition) is 8. The Kier molecular flexibility index (Phi) is 8.56. The van der Waals surface area contributed by atoms with Crippen LogP contribution in [0.5, 0.6) is 5.75 Å². The first-order valence-electron chi connectivity index (χ1n) is 9.46. The largest absolute Gasteiger partial charge is 0.493 e. The summed E-state index contributed by atoms with van der Waals surface area (Å²) in [5.74, 6) is 1.03. The number of ether oxygens (including phenoxy) is 1. The molecule has 2 N–H and O–H groups in total. The van der Waals surface area contributed by atoms with Crippen molar-refractivity contribution in [3.8, 4) is 5.75 Å². The van der Waals surface area contributed by atoms with Crippen molar-refractivity contribution in [1.29, 1.82) is 0 Å². The van der Waals surface area contributed by atoms with Gasteiger partial charge in [0.2, 0.25) is 5.91 Å². The maximum absolute atomic E-state index is 12.7. The molecular weight excluding hydrogens is 382 g/mol. The van der Waals surface area contributed by atoms with Crippen LogP contribution >= 0.6 is 11.8 Å². The molecule has 1 aromatic rings. The third-order valence-corrected chi connectivity index (χ3v) is 5.34. The Hall–Kier alpha value is -2.29. The van der Waals surface area contributed by atoms with E-state index in [-0.39, 0.29) is 5.91 Å². The molecule has 1 aromatic heterocycles. The molecule has 1 aliphatic heterocycles. The summed E-state index contributed by atoms with van der Waals surface area (Å²) in [5.41, 5.74) is -0.126. The first-order valence-corrected chi connectivity index (χ1v) is 10.4. The number of rotatable bonds is 10. The highest BCUT2D eigenvalue weighted by Gasteiger charge is 2.29. The fraction of sp³-hybridized carbons (Fsp3) is 0.579. The molecule has 2 unspecified atom stereocenters. The second-order valence-electron chi connectivity index (χ2n) is 6.51. The highest BCUT2D eigenvalue weighted by molar-refractivity contribution is 8.16. The van der Waals surface area contributed by atoms with E-state index in [2.05, 4.69) is 22.4 Å². The lowest BCUT2D eigenvalue weighted by atomic mass is 10.1. The smallest absolute Gasteiger partial charge is 0.339 e. The van der Waals surface area contributed by atoms with E-state index in [9.17, 15) is 9.59 Å². The van der Waals surface area contributed by atoms with Gasteiger partial charge in [-0.1, -0.05) is 31.8 Å². The average molecular weight is 410 g/mol. The number of carbonyl (C=O) groups is 1. The molecule has 0 spiro atoms. The minimum atomic E-state index is -0.577. The normalized spacial score (nSPS) is 17.9. The molecule has 1 amide bonds. The molecule has 8 nitrogen and oxygen atoms in total. The molecular formula is C19H27N3O5S. The van der Waals surface area contributed by atoms with Crippen LogP contribution in [-0.4, -0.2) is 40.3 Å². The van der Waals surface area contributed by atoms with Gasteiger partial charge in [0.25, 0.3) is 0 Å². The van der Waals surface area contributed by atoms with Crippen LogP contribution in [0, 0.1) is 0 Å². The van der Waals surface area contributed by atoms with Crippen LogP contribution in [0.4, 0.5) is 0 Å². The third-order valence-electron chi connectivity index (χ3n) is 4.18. The highest BCUT2D eigenvalue weighted by atomic mass is 32.2. The molecule has 28 heavy (non-hydrogen) atoms. The van der Waals surface area contributed by atoms with Gasteiger partial charge in [-0.3, -0.25) is 9.79 Å². The summed E-state index contributed by atoms with van der Waals surface area (Å²) >= 11 is 1.37. The van der Waals surface area contributed by atoms with Crippen molar-refractivity contribution in [3.05, 3.63) is 28.3 Å². The molecule has 0 saturated heterocycles. The standard InChI is InChI=1S/C19H27N3O5S/c1-4-6-8-26-13-9-16(27-17(23)10-13)14(7-5-2)20-18(24)15-11-28-19(21-15)12(3)22-25/h9-10,14-15,25H,4-8,11H2,1-3H3,(H,20,24)/b22-12-. The Morgan fingerprint density at radius 1 is 1.46 bits per heavy atom. The summed E-state index contributed by atoms with van der Waals surface area (Å²) < 4.78 is 11.0. The van der Waals surface area contributed by atoms with E-state index in [4.69, 9.17) is 14.4 Å². The number of nitrogens with zero attached hydrogens (tertiary/aromatic N) is 2.